The van der Waals surface area contributed by atoms with Gasteiger partial charge >= 0.3 is 5.97 Å². The lowest BCUT2D eigenvalue weighted by Crippen LogP contribution is -2.52. The van der Waals surface area contributed by atoms with Crippen molar-refractivity contribution in [2.45, 2.75) is 59.4 Å². The fourth-order valence-electron chi connectivity index (χ4n) is 3.07. The molecule has 1 rings (SSSR count). The summed E-state index contributed by atoms with van der Waals surface area (Å²) in [6.45, 7) is 14.5. The minimum atomic E-state index is -0.796. The monoisotopic (exact) mass is 284 g/mol. The van der Waals surface area contributed by atoms with E-state index in [2.05, 4.69) is 31.0 Å². The quantitative estimate of drug-likeness (QED) is 0.787. The van der Waals surface area contributed by atoms with Crippen molar-refractivity contribution in [2.24, 2.45) is 11.3 Å². The molecule has 0 aromatic rings. The van der Waals surface area contributed by atoms with Gasteiger partial charge in [-0.05, 0) is 57.2 Å². The third kappa shape index (κ3) is 4.74. The zero-order valence-corrected chi connectivity index (χ0v) is 13.8. The molecule has 4 nitrogen and oxygen atoms in total. The van der Waals surface area contributed by atoms with Crippen molar-refractivity contribution in [3.63, 3.8) is 0 Å². The first-order valence-corrected chi connectivity index (χ1v) is 7.90. The average Bonchev–Trinajstić information content (AvgIpc) is 2.36. The molecule has 2 N–H and O–H groups in total. The van der Waals surface area contributed by atoms with Crippen LogP contribution < -0.4 is 5.32 Å². The van der Waals surface area contributed by atoms with Crippen LogP contribution in [0.4, 0.5) is 0 Å². The number of aliphatic carboxylic acids is 1. The van der Waals surface area contributed by atoms with E-state index in [4.69, 9.17) is 0 Å². The molecule has 0 aliphatic carbocycles. The standard InChI is InChI=1S/C16H32N2O2/c1-6-17-16(5,14(19)20)9-12-18-10-7-13(8-11-18)15(2,3)4/h13,17H,6-12H2,1-5H3,(H,19,20). The summed E-state index contributed by atoms with van der Waals surface area (Å²) in [5, 5.41) is 12.5. The van der Waals surface area contributed by atoms with Crippen LogP contribution in [0.2, 0.25) is 0 Å². The molecule has 4 heteroatoms. The van der Waals surface area contributed by atoms with E-state index < -0.39 is 11.5 Å². The predicted octanol–water partition coefficient (Wildman–Crippen LogP) is 2.59. The highest BCUT2D eigenvalue weighted by atomic mass is 16.4. The van der Waals surface area contributed by atoms with Gasteiger partial charge in [0, 0.05) is 6.54 Å². The molecule has 0 saturated carbocycles. The maximum Gasteiger partial charge on any atom is 0.323 e. The lowest BCUT2D eigenvalue weighted by Gasteiger charge is -2.39. The Morgan fingerprint density at radius 3 is 2.20 bits per heavy atom. The molecule has 1 fully saturated rings. The van der Waals surface area contributed by atoms with Crippen LogP contribution >= 0.6 is 0 Å². The van der Waals surface area contributed by atoms with Crippen molar-refractivity contribution in [1.29, 1.82) is 0 Å². The maximum atomic E-state index is 11.4. The first-order chi connectivity index (χ1) is 9.19. The molecule has 1 saturated heterocycles. The molecule has 1 atom stereocenters. The molecular weight excluding hydrogens is 252 g/mol. The smallest absolute Gasteiger partial charge is 0.323 e. The van der Waals surface area contributed by atoms with Crippen molar-refractivity contribution in [2.75, 3.05) is 26.2 Å². The number of nitrogens with zero attached hydrogens (tertiary/aromatic N) is 1. The van der Waals surface area contributed by atoms with Gasteiger partial charge in [0.1, 0.15) is 5.54 Å². The highest BCUT2D eigenvalue weighted by Gasteiger charge is 2.33. The highest BCUT2D eigenvalue weighted by molar-refractivity contribution is 5.78. The highest BCUT2D eigenvalue weighted by Crippen LogP contribution is 2.34. The van der Waals surface area contributed by atoms with Crippen LogP contribution in [0.1, 0.15) is 53.9 Å². The van der Waals surface area contributed by atoms with E-state index in [1.54, 1.807) is 6.92 Å². The Bertz CT molecular complexity index is 317. The molecule has 0 amide bonds. The second kappa shape index (κ2) is 6.90. The molecule has 1 heterocycles. The van der Waals surface area contributed by atoms with Crippen LogP contribution in [0.5, 0.6) is 0 Å². The van der Waals surface area contributed by atoms with Crippen LogP contribution in [0.25, 0.3) is 0 Å². The molecule has 118 valence electrons. The van der Waals surface area contributed by atoms with Crippen molar-refractivity contribution in [3.8, 4) is 0 Å². The number of carboxylic acids is 1. The Kier molecular flexibility index (Phi) is 6.02. The zero-order chi connectivity index (χ0) is 15.4. The molecule has 1 aliphatic heterocycles. The van der Waals surface area contributed by atoms with Gasteiger partial charge in [0.15, 0.2) is 0 Å². The van der Waals surface area contributed by atoms with Gasteiger partial charge in [0.2, 0.25) is 0 Å². The Morgan fingerprint density at radius 1 is 1.25 bits per heavy atom. The SMILES string of the molecule is CCNC(C)(CCN1CCC(C(C)(C)C)CC1)C(=O)O. The first kappa shape index (κ1) is 17.4. The fourth-order valence-corrected chi connectivity index (χ4v) is 3.07. The molecule has 1 unspecified atom stereocenters. The predicted molar refractivity (Wildman–Crippen MR) is 83.0 cm³/mol. The number of rotatable bonds is 6. The first-order valence-electron chi connectivity index (χ1n) is 7.90. The molecule has 1 aliphatic rings. The van der Waals surface area contributed by atoms with Gasteiger partial charge in [-0.1, -0.05) is 27.7 Å². The van der Waals surface area contributed by atoms with Crippen LogP contribution in [-0.2, 0) is 4.79 Å². The van der Waals surface area contributed by atoms with Crippen LogP contribution in [0.15, 0.2) is 0 Å². The van der Waals surface area contributed by atoms with Crippen molar-refractivity contribution >= 4 is 5.97 Å². The number of carbonyl (C=O) groups is 1. The van der Waals surface area contributed by atoms with E-state index >= 15 is 0 Å². The summed E-state index contributed by atoms with van der Waals surface area (Å²) in [7, 11) is 0. The van der Waals surface area contributed by atoms with Crippen molar-refractivity contribution < 1.29 is 9.90 Å². The van der Waals surface area contributed by atoms with Crippen LogP contribution in [-0.4, -0.2) is 47.7 Å². The van der Waals surface area contributed by atoms with Gasteiger partial charge < -0.3 is 15.3 Å². The summed E-state index contributed by atoms with van der Waals surface area (Å²) in [4.78, 5) is 13.8. The molecule has 0 aromatic carbocycles. The molecule has 0 aromatic heterocycles. The van der Waals surface area contributed by atoms with Gasteiger partial charge in [-0.3, -0.25) is 4.79 Å². The Morgan fingerprint density at radius 2 is 1.80 bits per heavy atom. The lowest BCUT2D eigenvalue weighted by molar-refractivity contribution is -0.144. The fraction of sp³-hybridized carbons (Fsp3) is 0.938. The largest absolute Gasteiger partial charge is 0.480 e. The maximum absolute atomic E-state index is 11.4. The number of hydrogen-bond acceptors (Lipinski definition) is 3. The Hall–Kier alpha value is -0.610. The number of nitrogens with one attached hydrogen (secondary N) is 1. The molecule has 0 bridgehead atoms. The van der Waals surface area contributed by atoms with Gasteiger partial charge in [-0.15, -0.1) is 0 Å². The summed E-state index contributed by atoms with van der Waals surface area (Å²) in [5.41, 5.74) is -0.402. The van der Waals surface area contributed by atoms with E-state index in [1.165, 1.54) is 12.8 Å². The van der Waals surface area contributed by atoms with Gasteiger partial charge in [-0.2, -0.15) is 0 Å². The van der Waals surface area contributed by atoms with Crippen LogP contribution in [0, 0.1) is 11.3 Å². The van der Waals surface area contributed by atoms with Gasteiger partial charge in [0.25, 0.3) is 0 Å². The Labute approximate surface area is 123 Å². The topological polar surface area (TPSA) is 52.6 Å². The van der Waals surface area contributed by atoms with Crippen molar-refractivity contribution in [3.05, 3.63) is 0 Å². The summed E-state index contributed by atoms with van der Waals surface area (Å²) in [5.74, 6) is 0.0438. The molecule has 20 heavy (non-hydrogen) atoms. The van der Waals surface area contributed by atoms with Gasteiger partial charge in [-0.25, -0.2) is 0 Å². The normalized spacial score (nSPS) is 21.6. The summed E-state index contributed by atoms with van der Waals surface area (Å²) >= 11 is 0. The minimum absolute atomic E-state index is 0.394. The second-order valence-electron chi connectivity index (χ2n) is 7.40. The zero-order valence-electron chi connectivity index (χ0n) is 13.8. The van der Waals surface area contributed by atoms with E-state index in [0.29, 0.717) is 18.4 Å². The van der Waals surface area contributed by atoms with E-state index in [1.807, 2.05) is 6.92 Å². The van der Waals surface area contributed by atoms with Crippen molar-refractivity contribution in [1.82, 2.24) is 10.2 Å². The number of likely N-dealkylation sites (tertiary alicyclic amines) is 1. The number of piperidine rings is 1. The second-order valence-corrected chi connectivity index (χ2v) is 7.40. The Balaban J connectivity index is 2.42. The number of likely N-dealkylation sites (N-methyl/N-ethyl adjacent to an activating group) is 1. The summed E-state index contributed by atoms with van der Waals surface area (Å²) < 4.78 is 0. The van der Waals surface area contributed by atoms with E-state index in [9.17, 15) is 9.90 Å². The third-order valence-electron chi connectivity index (χ3n) is 4.78. The molecule has 0 radical (unpaired) electrons. The van der Waals surface area contributed by atoms with Crippen LogP contribution in [0.3, 0.4) is 0 Å². The minimum Gasteiger partial charge on any atom is -0.480 e. The lowest BCUT2D eigenvalue weighted by atomic mass is 9.75. The molecule has 0 spiro atoms. The van der Waals surface area contributed by atoms with E-state index in [0.717, 1.165) is 25.6 Å². The average molecular weight is 284 g/mol. The van der Waals surface area contributed by atoms with E-state index in [-0.39, 0.29) is 0 Å². The summed E-state index contributed by atoms with van der Waals surface area (Å²) in [6.07, 6.45) is 3.12. The summed E-state index contributed by atoms with van der Waals surface area (Å²) in [6, 6.07) is 0. The van der Waals surface area contributed by atoms with Gasteiger partial charge in [0.05, 0.1) is 0 Å². The number of hydrogen-bond donors (Lipinski definition) is 2. The number of carboxylic acid groups (broad SMARTS) is 1. The molecular formula is C16H32N2O2. The third-order valence-corrected chi connectivity index (χ3v) is 4.78.